The monoisotopic (exact) mass is 490 g/mol. The van der Waals surface area contributed by atoms with Crippen LogP contribution in [0.1, 0.15) is 31.6 Å². The van der Waals surface area contributed by atoms with Gasteiger partial charge in [0.25, 0.3) is 0 Å². The fraction of sp³-hybridized carbons (Fsp3) is 0.304. The molecule has 1 aliphatic rings. The van der Waals surface area contributed by atoms with E-state index in [1.165, 1.54) is 12.1 Å². The Hall–Kier alpha value is -2.97. The third kappa shape index (κ3) is 5.69. The van der Waals surface area contributed by atoms with Crippen LogP contribution < -0.4 is 5.32 Å². The highest BCUT2D eigenvalue weighted by Gasteiger charge is 2.32. The first-order chi connectivity index (χ1) is 15.9. The third-order valence-corrected chi connectivity index (χ3v) is 6.18. The van der Waals surface area contributed by atoms with E-state index in [1.807, 2.05) is 0 Å². The van der Waals surface area contributed by atoms with Crippen LogP contribution in [0.3, 0.4) is 0 Å². The molecule has 33 heavy (non-hydrogen) atoms. The molecule has 0 bridgehead atoms. The van der Waals surface area contributed by atoms with Gasteiger partial charge in [0.15, 0.2) is 0 Å². The smallest absolute Gasteiger partial charge is 0.247 e. The second kappa shape index (κ2) is 10.3. The van der Waals surface area contributed by atoms with E-state index in [1.54, 1.807) is 35.2 Å². The van der Waals surface area contributed by atoms with E-state index in [0.29, 0.717) is 46.0 Å². The molecule has 0 radical (unpaired) electrons. The van der Waals surface area contributed by atoms with Crippen molar-refractivity contribution in [1.29, 1.82) is 0 Å². The minimum atomic E-state index is -0.571. The van der Waals surface area contributed by atoms with Crippen molar-refractivity contribution in [3.63, 3.8) is 0 Å². The molecule has 0 saturated carbocycles. The molecular weight excluding hydrogens is 470 g/mol. The Morgan fingerprint density at radius 3 is 2.67 bits per heavy atom. The maximum Gasteiger partial charge on any atom is 0.247 e. The topological polar surface area (TPSA) is 88.3 Å². The Kier molecular flexibility index (Phi) is 7.25. The van der Waals surface area contributed by atoms with Crippen LogP contribution in [0, 0.1) is 5.82 Å². The lowest BCUT2D eigenvalue weighted by molar-refractivity contribution is -0.140. The number of nitrogens with one attached hydrogen (secondary N) is 1. The number of anilines is 1. The number of carbonyl (C=O) groups excluding carboxylic acids is 2. The van der Waals surface area contributed by atoms with Gasteiger partial charge in [-0.3, -0.25) is 9.59 Å². The summed E-state index contributed by atoms with van der Waals surface area (Å²) in [6.45, 7) is 0.503. The van der Waals surface area contributed by atoms with Crippen molar-refractivity contribution in [2.45, 2.75) is 38.1 Å². The van der Waals surface area contributed by atoms with Crippen LogP contribution in [0.4, 0.5) is 10.1 Å². The molecule has 1 atom stereocenters. The van der Waals surface area contributed by atoms with E-state index < -0.39 is 6.04 Å². The molecule has 1 aromatic heterocycles. The van der Waals surface area contributed by atoms with Gasteiger partial charge in [-0.15, -0.1) is 0 Å². The number of benzene rings is 2. The molecule has 0 aliphatic carbocycles. The number of aromatic nitrogens is 2. The van der Waals surface area contributed by atoms with Gasteiger partial charge >= 0.3 is 0 Å². The van der Waals surface area contributed by atoms with Crippen LogP contribution in [0.25, 0.3) is 11.4 Å². The minimum Gasteiger partial charge on any atom is -0.339 e. The summed E-state index contributed by atoms with van der Waals surface area (Å²) >= 11 is 12.0. The largest absolute Gasteiger partial charge is 0.339 e. The highest BCUT2D eigenvalue weighted by molar-refractivity contribution is 6.42. The van der Waals surface area contributed by atoms with Crippen LogP contribution >= 0.6 is 23.2 Å². The average molecular weight is 491 g/mol. The number of amides is 2. The quantitative estimate of drug-likeness (QED) is 0.516. The van der Waals surface area contributed by atoms with Crippen molar-refractivity contribution < 1.29 is 18.5 Å². The average Bonchev–Trinajstić information content (AvgIpc) is 3.29. The predicted octanol–water partition coefficient (Wildman–Crippen LogP) is 5.13. The number of aryl methyl sites for hydroxylation is 1. The summed E-state index contributed by atoms with van der Waals surface area (Å²) in [6, 6.07) is 10.0. The molecule has 1 aliphatic heterocycles. The fourth-order valence-corrected chi connectivity index (χ4v) is 4.03. The second-order valence-corrected chi connectivity index (χ2v) is 8.55. The van der Waals surface area contributed by atoms with Crippen molar-refractivity contribution >= 4 is 40.7 Å². The minimum absolute atomic E-state index is 0.127. The zero-order valence-electron chi connectivity index (χ0n) is 17.6. The van der Waals surface area contributed by atoms with E-state index in [9.17, 15) is 14.0 Å². The molecule has 1 unspecified atom stereocenters. The lowest BCUT2D eigenvalue weighted by Gasteiger charge is -2.34. The van der Waals surface area contributed by atoms with E-state index in [-0.39, 0.29) is 30.5 Å². The molecule has 10 heteroatoms. The summed E-state index contributed by atoms with van der Waals surface area (Å²) < 4.78 is 18.3. The molecule has 1 N–H and O–H groups in total. The van der Waals surface area contributed by atoms with Gasteiger partial charge in [-0.05, 0) is 61.7 Å². The zero-order chi connectivity index (χ0) is 23.4. The maximum absolute atomic E-state index is 13.1. The summed E-state index contributed by atoms with van der Waals surface area (Å²) in [5.74, 6) is -0.151. The molecular formula is C23H21Cl2FN4O3. The number of likely N-dealkylation sites (tertiary alicyclic amines) is 1. The van der Waals surface area contributed by atoms with E-state index in [2.05, 4.69) is 15.5 Å². The van der Waals surface area contributed by atoms with Gasteiger partial charge < -0.3 is 14.7 Å². The van der Waals surface area contributed by atoms with Crippen molar-refractivity contribution in [2.75, 3.05) is 11.9 Å². The van der Waals surface area contributed by atoms with Crippen molar-refractivity contribution in [3.8, 4) is 11.4 Å². The van der Waals surface area contributed by atoms with Gasteiger partial charge in [0.2, 0.25) is 23.5 Å². The number of halogens is 3. The van der Waals surface area contributed by atoms with Crippen LogP contribution in [0.5, 0.6) is 0 Å². The normalized spacial score (nSPS) is 16.0. The summed E-state index contributed by atoms with van der Waals surface area (Å²) in [6.07, 6.45) is 2.63. The molecule has 1 saturated heterocycles. The summed E-state index contributed by atoms with van der Waals surface area (Å²) in [7, 11) is 0. The molecule has 3 aromatic rings. The van der Waals surface area contributed by atoms with E-state index in [0.717, 1.165) is 12.8 Å². The standard InChI is InChI=1S/C23H21Cl2FN4O3/c24-17-9-8-16(13-18(17)25)27-23(32)19-3-1-2-12-30(19)21(31)11-10-20-28-22(29-33-20)14-4-6-15(26)7-5-14/h4-9,13,19H,1-3,10-12H2,(H,27,32). The molecule has 0 spiro atoms. The lowest BCUT2D eigenvalue weighted by Crippen LogP contribution is -2.50. The van der Waals surface area contributed by atoms with E-state index >= 15 is 0 Å². The molecule has 172 valence electrons. The van der Waals surface area contributed by atoms with Gasteiger partial charge in [-0.2, -0.15) is 4.98 Å². The third-order valence-electron chi connectivity index (χ3n) is 5.44. The fourth-order valence-electron chi connectivity index (χ4n) is 3.73. The SMILES string of the molecule is O=C(Nc1ccc(Cl)c(Cl)c1)C1CCCCN1C(=O)CCc1nc(-c2ccc(F)cc2)no1. The lowest BCUT2D eigenvalue weighted by atomic mass is 10.0. The zero-order valence-corrected chi connectivity index (χ0v) is 19.1. The van der Waals surface area contributed by atoms with Gasteiger partial charge in [-0.25, -0.2) is 4.39 Å². The first-order valence-electron chi connectivity index (χ1n) is 10.5. The van der Waals surface area contributed by atoms with Crippen molar-refractivity contribution in [1.82, 2.24) is 15.0 Å². The Morgan fingerprint density at radius 1 is 1.12 bits per heavy atom. The van der Waals surface area contributed by atoms with Gasteiger partial charge in [0.1, 0.15) is 11.9 Å². The summed E-state index contributed by atoms with van der Waals surface area (Å²) in [4.78, 5) is 31.7. The van der Waals surface area contributed by atoms with Crippen LogP contribution in [0.2, 0.25) is 10.0 Å². The number of hydrogen-bond donors (Lipinski definition) is 1. The highest BCUT2D eigenvalue weighted by Crippen LogP contribution is 2.26. The van der Waals surface area contributed by atoms with Crippen LogP contribution in [-0.2, 0) is 16.0 Å². The van der Waals surface area contributed by atoms with Crippen molar-refractivity contribution in [3.05, 3.63) is 64.2 Å². The predicted molar refractivity (Wildman–Crippen MR) is 122 cm³/mol. The van der Waals surface area contributed by atoms with Gasteiger partial charge in [-0.1, -0.05) is 28.4 Å². The Balaban J connectivity index is 1.37. The number of carbonyl (C=O) groups is 2. The molecule has 1 fully saturated rings. The first-order valence-corrected chi connectivity index (χ1v) is 11.3. The Bertz CT molecular complexity index is 1150. The number of rotatable bonds is 6. The number of piperidine rings is 1. The Labute approximate surface area is 199 Å². The summed E-state index contributed by atoms with van der Waals surface area (Å²) in [5.41, 5.74) is 1.14. The van der Waals surface area contributed by atoms with Gasteiger partial charge in [0, 0.05) is 30.6 Å². The summed E-state index contributed by atoms with van der Waals surface area (Å²) in [5, 5.41) is 7.45. The number of hydrogen-bond acceptors (Lipinski definition) is 5. The molecule has 2 heterocycles. The van der Waals surface area contributed by atoms with Crippen LogP contribution in [0.15, 0.2) is 47.0 Å². The highest BCUT2D eigenvalue weighted by atomic mass is 35.5. The first kappa shape index (κ1) is 23.2. The maximum atomic E-state index is 13.1. The number of nitrogens with zero attached hydrogens (tertiary/aromatic N) is 3. The molecule has 2 aromatic carbocycles. The Morgan fingerprint density at radius 2 is 1.91 bits per heavy atom. The molecule has 7 nitrogen and oxygen atoms in total. The van der Waals surface area contributed by atoms with Crippen molar-refractivity contribution in [2.24, 2.45) is 0 Å². The second-order valence-electron chi connectivity index (χ2n) is 7.74. The van der Waals surface area contributed by atoms with Crippen LogP contribution in [-0.4, -0.2) is 39.4 Å². The van der Waals surface area contributed by atoms with Gasteiger partial charge in [0.05, 0.1) is 10.0 Å². The van der Waals surface area contributed by atoms with E-state index in [4.69, 9.17) is 27.7 Å². The molecule has 4 rings (SSSR count). The molecule has 2 amide bonds.